The number of aromatic nitrogens is 1. The lowest BCUT2D eigenvalue weighted by molar-refractivity contribution is -0.128. The number of amides is 3. The van der Waals surface area contributed by atoms with E-state index in [9.17, 15) is 14.4 Å². The molecule has 1 atom stereocenters. The Balaban J connectivity index is 1.23. The van der Waals surface area contributed by atoms with Gasteiger partial charge in [-0.1, -0.05) is 6.07 Å². The van der Waals surface area contributed by atoms with Gasteiger partial charge in [-0.25, -0.2) is 4.98 Å². The van der Waals surface area contributed by atoms with Gasteiger partial charge in [0.25, 0.3) is 0 Å². The fourth-order valence-corrected chi connectivity index (χ4v) is 4.63. The first kappa shape index (κ1) is 19.5. The summed E-state index contributed by atoms with van der Waals surface area (Å²) in [6.07, 6.45) is 2.93. The molecule has 0 bridgehead atoms. The molecule has 1 aromatic carbocycles. The van der Waals surface area contributed by atoms with Gasteiger partial charge in [0.2, 0.25) is 17.7 Å². The molecule has 4 heterocycles. The van der Waals surface area contributed by atoms with Gasteiger partial charge in [0, 0.05) is 36.0 Å². The molecule has 31 heavy (non-hydrogen) atoms. The normalized spacial score (nSPS) is 18.1. The number of likely N-dealkylation sites (tertiary alicyclic amines) is 1. The van der Waals surface area contributed by atoms with E-state index in [0.29, 0.717) is 36.8 Å². The number of nitrogens with one attached hydrogen (secondary N) is 2. The minimum absolute atomic E-state index is 0.0343. The van der Waals surface area contributed by atoms with Gasteiger partial charge in [-0.05, 0) is 36.2 Å². The number of anilines is 2. The monoisotopic (exact) mass is 436 g/mol. The molecule has 0 aliphatic carbocycles. The Morgan fingerprint density at radius 3 is 3.03 bits per heavy atom. The third-order valence-corrected chi connectivity index (χ3v) is 6.30. The van der Waals surface area contributed by atoms with Crippen LogP contribution in [0.15, 0.2) is 46.4 Å². The SMILES string of the molecule is O=C1CCc2cc(-c3csc(NC(=O)[C@@H]4CC(=O)N(Cc5ccco5)C4)n3)ccc2N1. The van der Waals surface area contributed by atoms with Crippen LogP contribution in [0.25, 0.3) is 11.3 Å². The second-order valence-corrected chi connectivity index (χ2v) is 8.56. The van der Waals surface area contributed by atoms with Gasteiger partial charge in [-0.3, -0.25) is 14.4 Å². The molecule has 5 rings (SSSR count). The van der Waals surface area contributed by atoms with E-state index < -0.39 is 5.92 Å². The van der Waals surface area contributed by atoms with Crippen LogP contribution >= 0.6 is 11.3 Å². The summed E-state index contributed by atoms with van der Waals surface area (Å²) in [5, 5.41) is 8.12. The number of furan rings is 1. The lowest BCUT2D eigenvalue weighted by atomic mass is 9.99. The average Bonchev–Trinajstić information content (AvgIpc) is 3.50. The third-order valence-electron chi connectivity index (χ3n) is 5.54. The van der Waals surface area contributed by atoms with Crippen molar-refractivity contribution in [1.82, 2.24) is 9.88 Å². The molecule has 3 amide bonds. The Morgan fingerprint density at radius 1 is 1.29 bits per heavy atom. The molecule has 2 aromatic heterocycles. The second kappa shape index (κ2) is 7.99. The smallest absolute Gasteiger partial charge is 0.231 e. The van der Waals surface area contributed by atoms with Gasteiger partial charge in [-0.2, -0.15) is 0 Å². The van der Waals surface area contributed by atoms with Crippen molar-refractivity contribution in [3.63, 3.8) is 0 Å². The molecule has 2 aliphatic heterocycles. The maximum Gasteiger partial charge on any atom is 0.231 e. The number of rotatable bonds is 5. The number of benzene rings is 1. The van der Waals surface area contributed by atoms with Crippen molar-refractivity contribution in [3.05, 3.63) is 53.3 Å². The van der Waals surface area contributed by atoms with Gasteiger partial charge in [0.15, 0.2) is 5.13 Å². The highest BCUT2D eigenvalue weighted by molar-refractivity contribution is 7.14. The number of aryl methyl sites for hydroxylation is 1. The van der Waals surface area contributed by atoms with Gasteiger partial charge in [0.1, 0.15) is 5.76 Å². The lowest BCUT2D eigenvalue weighted by Crippen LogP contribution is -2.27. The Labute approximate surface area is 182 Å². The van der Waals surface area contributed by atoms with E-state index in [0.717, 1.165) is 22.5 Å². The van der Waals surface area contributed by atoms with Crippen LogP contribution in [0.2, 0.25) is 0 Å². The van der Waals surface area contributed by atoms with Crippen molar-refractivity contribution < 1.29 is 18.8 Å². The summed E-state index contributed by atoms with van der Waals surface area (Å²) in [6, 6.07) is 9.41. The number of nitrogens with zero attached hydrogens (tertiary/aromatic N) is 2. The summed E-state index contributed by atoms with van der Waals surface area (Å²) in [7, 11) is 0. The van der Waals surface area contributed by atoms with Crippen LogP contribution in [0, 0.1) is 5.92 Å². The first-order chi connectivity index (χ1) is 15.0. The molecule has 0 unspecified atom stereocenters. The molecule has 9 heteroatoms. The number of hydrogen-bond donors (Lipinski definition) is 2. The van der Waals surface area contributed by atoms with Crippen LogP contribution < -0.4 is 10.6 Å². The van der Waals surface area contributed by atoms with Crippen molar-refractivity contribution in [2.75, 3.05) is 17.2 Å². The third kappa shape index (κ3) is 4.09. The fourth-order valence-electron chi connectivity index (χ4n) is 3.91. The van der Waals surface area contributed by atoms with Gasteiger partial charge >= 0.3 is 0 Å². The Bertz CT molecular complexity index is 1150. The molecular weight excluding hydrogens is 416 g/mol. The minimum atomic E-state index is -0.415. The highest BCUT2D eigenvalue weighted by atomic mass is 32.1. The van der Waals surface area contributed by atoms with Crippen LogP contribution in [0.1, 0.15) is 24.2 Å². The highest BCUT2D eigenvalue weighted by Gasteiger charge is 2.35. The van der Waals surface area contributed by atoms with Crippen molar-refractivity contribution in [2.24, 2.45) is 5.92 Å². The molecule has 158 valence electrons. The molecule has 1 saturated heterocycles. The number of carbonyl (C=O) groups excluding carboxylic acids is 3. The summed E-state index contributed by atoms with van der Waals surface area (Å²) in [5.74, 6) is 0.0552. The molecule has 0 radical (unpaired) electrons. The molecule has 3 aromatic rings. The molecule has 8 nitrogen and oxygen atoms in total. The van der Waals surface area contributed by atoms with E-state index >= 15 is 0 Å². The zero-order chi connectivity index (χ0) is 21.4. The zero-order valence-electron chi connectivity index (χ0n) is 16.6. The van der Waals surface area contributed by atoms with Crippen LogP contribution in [0.3, 0.4) is 0 Å². The predicted octanol–water partition coefficient (Wildman–Crippen LogP) is 3.28. The fraction of sp³-hybridized carbons (Fsp3) is 0.273. The van der Waals surface area contributed by atoms with E-state index in [1.807, 2.05) is 29.6 Å². The van der Waals surface area contributed by atoms with Gasteiger partial charge in [0.05, 0.1) is 24.4 Å². The van der Waals surface area contributed by atoms with Crippen molar-refractivity contribution >= 4 is 39.9 Å². The number of carbonyl (C=O) groups is 3. The van der Waals surface area contributed by atoms with Crippen molar-refractivity contribution in [3.8, 4) is 11.3 Å². The van der Waals surface area contributed by atoms with E-state index in [2.05, 4.69) is 15.6 Å². The molecule has 0 spiro atoms. The standard InChI is InChI=1S/C22H20N4O4S/c27-19-6-4-13-8-14(3-5-17(13)23-19)18-12-31-22(24-18)25-21(29)15-9-20(28)26(10-15)11-16-2-1-7-30-16/h1-3,5,7-8,12,15H,4,6,9-11H2,(H,23,27)(H,24,25,29)/t15-/m1/s1. The topological polar surface area (TPSA) is 105 Å². The van der Waals surface area contributed by atoms with Gasteiger partial charge in [-0.15, -0.1) is 11.3 Å². The van der Waals surface area contributed by atoms with Crippen molar-refractivity contribution in [1.29, 1.82) is 0 Å². The summed E-state index contributed by atoms with van der Waals surface area (Å²) in [6.45, 7) is 0.732. The summed E-state index contributed by atoms with van der Waals surface area (Å²) >= 11 is 1.35. The van der Waals surface area contributed by atoms with Crippen molar-refractivity contribution in [2.45, 2.75) is 25.8 Å². The maximum atomic E-state index is 12.7. The number of thiazole rings is 1. The zero-order valence-corrected chi connectivity index (χ0v) is 17.4. The van der Waals surface area contributed by atoms with E-state index in [4.69, 9.17) is 4.42 Å². The lowest BCUT2D eigenvalue weighted by Gasteiger charge is -2.17. The number of fused-ring (bicyclic) bond motifs is 1. The van der Waals surface area contributed by atoms with Crippen LogP contribution in [-0.2, 0) is 27.3 Å². The Kier molecular flexibility index (Phi) is 5.03. The molecular formula is C22H20N4O4S. The van der Waals surface area contributed by atoms with E-state index in [1.54, 1.807) is 17.2 Å². The summed E-state index contributed by atoms with van der Waals surface area (Å²) in [4.78, 5) is 42.7. The Morgan fingerprint density at radius 2 is 2.19 bits per heavy atom. The molecule has 2 N–H and O–H groups in total. The van der Waals surface area contributed by atoms with E-state index in [1.165, 1.54) is 11.3 Å². The van der Waals surface area contributed by atoms with Crippen LogP contribution in [-0.4, -0.2) is 34.2 Å². The summed E-state index contributed by atoms with van der Waals surface area (Å²) < 4.78 is 5.30. The highest BCUT2D eigenvalue weighted by Crippen LogP contribution is 2.31. The van der Waals surface area contributed by atoms with Crippen LogP contribution in [0.5, 0.6) is 0 Å². The molecule has 2 aliphatic rings. The molecule has 1 fully saturated rings. The predicted molar refractivity (Wildman–Crippen MR) is 115 cm³/mol. The first-order valence-electron chi connectivity index (χ1n) is 10.0. The van der Waals surface area contributed by atoms with E-state index in [-0.39, 0.29) is 24.1 Å². The largest absolute Gasteiger partial charge is 0.467 e. The minimum Gasteiger partial charge on any atom is -0.467 e. The molecule has 0 saturated carbocycles. The Hall–Kier alpha value is -3.46. The second-order valence-electron chi connectivity index (χ2n) is 7.70. The first-order valence-corrected chi connectivity index (χ1v) is 10.9. The summed E-state index contributed by atoms with van der Waals surface area (Å²) in [5.41, 5.74) is 3.62. The quantitative estimate of drug-likeness (QED) is 0.639. The van der Waals surface area contributed by atoms with Crippen LogP contribution in [0.4, 0.5) is 10.8 Å². The maximum absolute atomic E-state index is 12.7. The average molecular weight is 436 g/mol. The number of hydrogen-bond acceptors (Lipinski definition) is 6. The van der Waals surface area contributed by atoms with Gasteiger partial charge < -0.3 is 20.0 Å².